The van der Waals surface area contributed by atoms with Crippen LogP contribution in [-0.4, -0.2) is 19.0 Å². The highest BCUT2D eigenvalue weighted by atomic mass is 79.9. The average Bonchev–Trinajstić information content (AvgIpc) is 2.05. The first-order valence-electron chi connectivity index (χ1n) is 4.40. The second-order valence-electron chi connectivity index (χ2n) is 2.92. The molecule has 0 aliphatic carbocycles. The van der Waals surface area contributed by atoms with Gasteiger partial charge in [0.05, 0.1) is 0 Å². The van der Waals surface area contributed by atoms with Gasteiger partial charge >= 0.3 is 0 Å². The Morgan fingerprint density at radius 2 is 2.09 bits per heavy atom. The molecule has 0 amide bonds. The van der Waals surface area contributed by atoms with Crippen molar-refractivity contribution in [3.05, 3.63) is 0 Å². The van der Waals surface area contributed by atoms with Crippen molar-refractivity contribution < 1.29 is 4.74 Å². The van der Waals surface area contributed by atoms with Crippen molar-refractivity contribution in [3.63, 3.8) is 0 Å². The standard InChI is InChI=1S/C9H19BrO/c1-3-9(8-10)6-4-5-7-11-2/h9H,3-8H2,1-2H3. The highest BCUT2D eigenvalue weighted by Crippen LogP contribution is 2.14. The van der Waals surface area contributed by atoms with E-state index in [-0.39, 0.29) is 0 Å². The van der Waals surface area contributed by atoms with Crippen molar-refractivity contribution in [3.8, 4) is 0 Å². The number of unbranched alkanes of at least 4 members (excludes halogenated alkanes) is 1. The van der Waals surface area contributed by atoms with Crippen LogP contribution in [0.2, 0.25) is 0 Å². The first-order chi connectivity index (χ1) is 5.35. The quantitative estimate of drug-likeness (QED) is 0.475. The number of alkyl halides is 1. The minimum absolute atomic E-state index is 0.867. The van der Waals surface area contributed by atoms with E-state index in [0.29, 0.717) is 0 Å². The van der Waals surface area contributed by atoms with E-state index in [2.05, 4.69) is 22.9 Å². The van der Waals surface area contributed by atoms with Crippen LogP contribution in [0.5, 0.6) is 0 Å². The van der Waals surface area contributed by atoms with E-state index in [1.807, 2.05) is 0 Å². The molecule has 0 bridgehead atoms. The van der Waals surface area contributed by atoms with Crippen LogP contribution in [0.1, 0.15) is 32.6 Å². The minimum atomic E-state index is 0.867. The molecule has 1 atom stereocenters. The molecule has 0 heterocycles. The molecule has 0 aromatic heterocycles. The van der Waals surface area contributed by atoms with Crippen molar-refractivity contribution >= 4 is 15.9 Å². The molecule has 0 aromatic rings. The molecule has 0 aliphatic heterocycles. The maximum absolute atomic E-state index is 4.98. The SMILES string of the molecule is CCC(CBr)CCCCOC. The summed E-state index contributed by atoms with van der Waals surface area (Å²) in [5.74, 6) is 0.867. The molecular weight excluding hydrogens is 204 g/mol. The van der Waals surface area contributed by atoms with Crippen LogP contribution in [0, 0.1) is 5.92 Å². The molecule has 0 radical (unpaired) electrons. The van der Waals surface area contributed by atoms with E-state index >= 15 is 0 Å². The summed E-state index contributed by atoms with van der Waals surface area (Å²) in [7, 11) is 1.77. The molecule has 0 aromatic carbocycles. The minimum Gasteiger partial charge on any atom is -0.385 e. The maximum Gasteiger partial charge on any atom is 0.0462 e. The lowest BCUT2D eigenvalue weighted by atomic mass is 10.0. The third-order valence-electron chi connectivity index (χ3n) is 2.01. The number of rotatable bonds is 7. The Morgan fingerprint density at radius 3 is 2.55 bits per heavy atom. The average molecular weight is 223 g/mol. The van der Waals surface area contributed by atoms with Gasteiger partial charge in [0.1, 0.15) is 0 Å². The number of hydrogen-bond acceptors (Lipinski definition) is 1. The van der Waals surface area contributed by atoms with Crippen molar-refractivity contribution in [1.82, 2.24) is 0 Å². The van der Waals surface area contributed by atoms with Crippen LogP contribution >= 0.6 is 15.9 Å². The molecule has 1 nitrogen and oxygen atoms in total. The summed E-state index contributed by atoms with van der Waals surface area (Å²) in [5, 5.41) is 1.15. The Labute approximate surface area is 78.6 Å². The molecule has 0 fully saturated rings. The van der Waals surface area contributed by atoms with Crippen LogP contribution in [0.4, 0.5) is 0 Å². The summed E-state index contributed by atoms with van der Waals surface area (Å²) in [4.78, 5) is 0. The van der Waals surface area contributed by atoms with Crippen LogP contribution in [0.15, 0.2) is 0 Å². The lowest BCUT2D eigenvalue weighted by Crippen LogP contribution is -2.00. The monoisotopic (exact) mass is 222 g/mol. The van der Waals surface area contributed by atoms with Crippen molar-refractivity contribution in [2.24, 2.45) is 5.92 Å². The molecule has 1 unspecified atom stereocenters. The summed E-state index contributed by atoms with van der Waals surface area (Å²) < 4.78 is 4.98. The lowest BCUT2D eigenvalue weighted by molar-refractivity contribution is 0.190. The summed E-state index contributed by atoms with van der Waals surface area (Å²) in [6.07, 6.45) is 5.14. The zero-order valence-corrected chi connectivity index (χ0v) is 9.19. The number of halogens is 1. The first-order valence-corrected chi connectivity index (χ1v) is 5.52. The molecular formula is C9H19BrO. The molecule has 0 rings (SSSR count). The van der Waals surface area contributed by atoms with Crippen molar-refractivity contribution in [2.75, 3.05) is 19.0 Å². The molecule has 2 heteroatoms. The zero-order chi connectivity index (χ0) is 8.53. The summed E-state index contributed by atoms with van der Waals surface area (Å²) in [6, 6.07) is 0. The fourth-order valence-electron chi connectivity index (χ4n) is 1.07. The molecule has 0 N–H and O–H groups in total. The van der Waals surface area contributed by atoms with E-state index in [1.165, 1.54) is 25.7 Å². The number of methoxy groups -OCH3 is 1. The summed E-state index contributed by atoms with van der Waals surface area (Å²) in [6.45, 7) is 3.17. The van der Waals surface area contributed by atoms with E-state index < -0.39 is 0 Å². The molecule has 68 valence electrons. The van der Waals surface area contributed by atoms with Gasteiger partial charge < -0.3 is 4.74 Å². The van der Waals surface area contributed by atoms with E-state index in [4.69, 9.17) is 4.74 Å². The molecule has 0 saturated carbocycles. The summed E-state index contributed by atoms with van der Waals surface area (Å²) in [5.41, 5.74) is 0. The smallest absolute Gasteiger partial charge is 0.0462 e. The van der Waals surface area contributed by atoms with Crippen LogP contribution < -0.4 is 0 Å². The van der Waals surface area contributed by atoms with E-state index in [0.717, 1.165) is 17.9 Å². The second-order valence-corrected chi connectivity index (χ2v) is 3.56. The Hall–Kier alpha value is 0.440. The van der Waals surface area contributed by atoms with Gasteiger partial charge in [0.2, 0.25) is 0 Å². The van der Waals surface area contributed by atoms with Crippen molar-refractivity contribution in [1.29, 1.82) is 0 Å². The second kappa shape index (κ2) is 8.54. The predicted molar refractivity (Wildman–Crippen MR) is 53.3 cm³/mol. The van der Waals surface area contributed by atoms with Gasteiger partial charge in [0, 0.05) is 19.0 Å². The van der Waals surface area contributed by atoms with Gasteiger partial charge in [-0.3, -0.25) is 0 Å². The highest BCUT2D eigenvalue weighted by molar-refractivity contribution is 9.09. The lowest BCUT2D eigenvalue weighted by Gasteiger charge is -2.09. The predicted octanol–water partition coefficient (Wildman–Crippen LogP) is 3.22. The van der Waals surface area contributed by atoms with E-state index in [9.17, 15) is 0 Å². The maximum atomic E-state index is 4.98. The number of ether oxygens (including phenoxy) is 1. The topological polar surface area (TPSA) is 9.23 Å². The third kappa shape index (κ3) is 6.82. The van der Waals surface area contributed by atoms with Gasteiger partial charge in [-0.25, -0.2) is 0 Å². The Kier molecular flexibility index (Phi) is 8.88. The summed E-state index contributed by atoms with van der Waals surface area (Å²) >= 11 is 3.51. The van der Waals surface area contributed by atoms with Gasteiger partial charge in [-0.05, 0) is 18.8 Å². The van der Waals surface area contributed by atoms with Crippen LogP contribution in [0.3, 0.4) is 0 Å². The largest absolute Gasteiger partial charge is 0.385 e. The third-order valence-corrected chi connectivity index (χ3v) is 2.92. The Bertz CT molecular complexity index is 72.0. The normalized spacial score (nSPS) is 13.4. The first kappa shape index (κ1) is 11.4. The van der Waals surface area contributed by atoms with Gasteiger partial charge in [-0.15, -0.1) is 0 Å². The molecule has 0 aliphatic rings. The van der Waals surface area contributed by atoms with Gasteiger partial charge in [-0.1, -0.05) is 35.7 Å². The van der Waals surface area contributed by atoms with Crippen LogP contribution in [0.25, 0.3) is 0 Å². The number of hydrogen-bond donors (Lipinski definition) is 0. The zero-order valence-electron chi connectivity index (χ0n) is 7.61. The van der Waals surface area contributed by atoms with Gasteiger partial charge in [0.15, 0.2) is 0 Å². The fourth-order valence-corrected chi connectivity index (χ4v) is 1.85. The fraction of sp³-hybridized carbons (Fsp3) is 1.00. The van der Waals surface area contributed by atoms with Crippen molar-refractivity contribution in [2.45, 2.75) is 32.6 Å². The molecule has 0 saturated heterocycles. The van der Waals surface area contributed by atoms with E-state index in [1.54, 1.807) is 7.11 Å². The molecule has 11 heavy (non-hydrogen) atoms. The van der Waals surface area contributed by atoms with Gasteiger partial charge in [-0.2, -0.15) is 0 Å². The highest BCUT2D eigenvalue weighted by Gasteiger charge is 2.02. The molecule has 0 spiro atoms. The van der Waals surface area contributed by atoms with Gasteiger partial charge in [0.25, 0.3) is 0 Å². The Balaban J connectivity index is 3.07. The van der Waals surface area contributed by atoms with Crippen LogP contribution in [-0.2, 0) is 4.74 Å². The Morgan fingerprint density at radius 1 is 1.36 bits per heavy atom.